The van der Waals surface area contributed by atoms with Crippen LogP contribution in [0.5, 0.6) is 0 Å². The number of hydrogen-bond acceptors (Lipinski definition) is 0. The molecule has 17 heavy (non-hydrogen) atoms. The van der Waals surface area contributed by atoms with E-state index in [2.05, 4.69) is 33.8 Å². The van der Waals surface area contributed by atoms with Gasteiger partial charge in [0.25, 0.3) is 0 Å². The average molecular weight is 234 g/mol. The minimum Gasteiger partial charge on any atom is -0.0842 e. The fraction of sp³-hybridized carbons (Fsp3) is 0.882. The lowest BCUT2D eigenvalue weighted by Crippen LogP contribution is -2.35. The molecule has 98 valence electrons. The van der Waals surface area contributed by atoms with Crippen LogP contribution in [0, 0.1) is 23.2 Å². The lowest BCUT2D eigenvalue weighted by Gasteiger charge is -2.44. The Morgan fingerprint density at radius 2 is 2.24 bits per heavy atom. The molecule has 0 spiro atoms. The van der Waals surface area contributed by atoms with Gasteiger partial charge in [-0.05, 0) is 42.4 Å². The van der Waals surface area contributed by atoms with Gasteiger partial charge in [-0.2, -0.15) is 0 Å². The molecule has 1 fully saturated rings. The Morgan fingerprint density at radius 1 is 1.47 bits per heavy atom. The Hall–Kier alpha value is -0.260. The standard InChI is InChI=1S/C17H30/c1-5-6-8-13(2)15-10-11-16-14(3)9-7-12-17(15,16)4/h10,13-14,16H,5-9,11-12H2,1-4H3/t13-,14?,16-,17+/m0/s1. The normalized spacial score (nSPS) is 38.7. The molecule has 2 aliphatic carbocycles. The molecule has 0 amide bonds. The van der Waals surface area contributed by atoms with Gasteiger partial charge in [0.2, 0.25) is 0 Å². The summed E-state index contributed by atoms with van der Waals surface area (Å²) in [6.45, 7) is 9.82. The molecule has 0 heteroatoms. The van der Waals surface area contributed by atoms with Crippen LogP contribution in [-0.2, 0) is 0 Å². The van der Waals surface area contributed by atoms with Crippen molar-refractivity contribution in [3.63, 3.8) is 0 Å². The lowest BCUT2D eigenvalue weighted by molar-refractivity contribution is 0.110. The summed E-state index contributed by atoms with van der Waals surface area (Å²) in [5.74, 6) is 2.73. The van der Waals surface area contributed by atoms with Crippen LogP contribution >= 0.6 is 0 Å². The third-order valence-corrected chi connectivity index (χ3v) is 5.63. The summed E-state index contributed by atoms with van der Waals surface area (Å²) in [5.41, 5.74) is 2.38. The molecule has 1 unspecified atom stereocenters. The van der Waals surface area contributed by atoms with E-state index in [1.807, 2.05) is 5.57 Å². The van der Waals surface area contributed by atoms with E-state index in [1.54, 1.807) is 0 Å². The molecule has 0 aromatic heterocycles. The van der Waals surface area contributed by atoms with Crippen molar-refractivity contribution in [1.29, 1.82) is 0 Å². The molecule has 0 N–H and O–H groups in total. The van der Waals surface area contributed by atoms with Crippen LogP contribution in [0.4, 0.5) is 0 Å². The van der Waals surface area contributed by atoms with Gasteiger partial charge in [0.05, 0.1) is 0 Å². The SMILES string of the molecule is CCCC[C@H](C)C1=CC[C@H]2C(C)CCC[C@]12C. The fourth-order valence-corrected chi connectivity index (χ4v) is 4.57. The highest BCUT2D eigenvalue weighted by Gasteiger charge is 2.46. The average Bonchev–Trinajstić information content (AvgIpc) is 2.64. The molecule has 0 aliphatic heterocycles. The van der Waals surface area contributed by atoms with Gasteiger partial charge in [-0.3, -0.25) is 0 Å². The van der Waals surface area contributed by atoms with Gasteiger partial charge < -0.3 is 0 Å². The van der Waals surface area contributed by atoms with Crippen LogP contribution in [0.15, 0.2) is 11.6 Å². The molecule has 0 aromatic rings. The van der Waals surface area contributed by atoms with E-state index in [0.717, 1.165) is 17.8 Å². The van der Waals surface area contributed by atoms with E-state index in [0.29, 0.717) is 5.41 Å². The Kier molecular flexibility index (Phi) is 4.00. The monoisotopic (exact) mass is 234 g/mol. The van der Waals surface area contributed by atoms with Gasteiger partial charge in [-0.1, -0.05) is 65.0 Å². The molecule has 2 rings (SSSR count). The van der Waals surface area contributed by atoms with E-state index >= 15 is 0 Å². The van der Waals surface area contributed by atoms with Crippen molar-refractivity contribution in [2.75, 3.05) is 0 Å². The molecule has 2 aliphatic rings. The largest absolute Gasteiger partial charge is 0.0842 e. The minimum absolute atomic E-state index is 0.560. The van der Waals surface area contributed by atoms with Crippen molar-refractivity contribution in [2.24, 2.45) is 23.2 Å². The molecule has 0 radical (unpaired) electrons. The first kappa shape index (κ1) is 13.2. The second-order valence-electron chi connectivity index (χ2n) is 6.83. The number of fused-ring (bicyclic) bond motifs is 1. The smallest absolute Gasteiger partial charge is 0.00800 e. The van der Waals surface area contributed by atoms with Gasteiger partial charge in [-0.15, -0.1) is 0 Å². The number of hydrogen-bond donors (Lipinski definition) is 0. The van der Waals surface area contributed by atoms with Crippen LogP contribution in [0.2, 0.25) is 0 Å². The van der Waals surface area contributed by atoms with Crippen LogP contribution in [0.3, 0.4) is 0 Å². The summed E-state index contributed by atoms with van der Waals surface area (Å²) >= 11 is 0. The molecule has 0 heterocycles. The fourth-order valence-electron chi connectivity index (χ4n) is 4.57. The second kappa shape index (κ2) is 5.16. The highest BCUT2D eigenvalue weighted by molar-refractivity contribution is 5.25. The molecule has 0 bridgehead atoms. The highest BCUT2D eigenvalue weighted by atomic mass is 14.5. The number of rotatable bonds is 4. The summed E-state index contributed by atoms with van der Waals surface area (Å²) in [6, 6.07) is 0. The molecule has 0 aromatic carbocycles. The Morgan fingerprint density at radius 3 is 2.94 bits per heavy atom. The van der Waals surface area contributed by atoms with E-state index in [4.69, 9.17) is 0 Å². The van der Waals surface area contributed by atoms with E-state index in [-0.39, 0.29) is 0 Å². The van der Waals surface area contributed by atoms with Gasteiger partial charge in [0.1, 0.15) is 0 Å². The van der Waals surface area contributed by atoms with Crippen molar-refractivity contribution in [1.82, 2.24) is 0 Å². The summed E-state index contributed by atoms with van der Waals surface area (Å²) in [6.07, 6.45) is 12.5. The third-order valence-electron chi connectivity index (χ3n) is 5.63. The zero-order valence-corrected chi connectivity index (χ0v) is 12.3. The molecule has 0 nitrogen and oxygen atoms in total. The van der Waals surface area contributed by atoms with Crippen molar-refractivity contribution in [3.05, 3.63) is 11.6 Å². The maximum atomic E-state index is 2.62. The molecule has 0 saturated heterocycles. The van der Waals surface area contributed by atoms with Crippen molar-refractivity contribution in [3.8, 4) is 0 Å². The zero-order valence-electron chi connectivity index (χ0n) is 12.3. The predicted octanol–water partition coefficient (Wildman–Crippen LogP) is 5.59. The molecule has 1 saturated carbocycles. The van der Waals surface area contributed by atoms with E-state index < -0.39 is 0 Å². The number of unbranched alkanes of at least 4 members (excludes halogenated alkanes) is 1. The van der Waals surface area contributed by atoms with Crippen LogP contribution in [0.1, 0.15) is 72.6 Å². The van der Waals surface area contributed by atoms with Crippen molar-refractivity contribution >= 4 is 0 Å². The first-order chi connectivity index (χ1) is 8.09. The molecule has 4 atom stereocenters. The quantitative estimate of drug-likeness (QED) is 0.557. The summed E-state index contributed by atoms with van der Waals surface area (Å²) in [5, 5.41) is 0. The van der Waals surface area contributed by atoms with Crippen LogP contribution in [0.25, 0.3) is 0 Å². The second-order valence-corrected chi connectivity index (χ2v) is 6.83. The van der Waals surface area contributed by atoms with E-state index in [1.165, 1.54) is 44.9 Å². The summed E-state index contributed by atoms with van der Waals surface area (Å²) in [4.78, 5) is 0. The van der Waals surface area contributed by atoms with Gasteiger partial charge in [-0.25, -0.2) is 0 Å². The van der Waals surface area contributed by atoms with Gasteiger partial charge in [0, 0.05) is 0 Å². The van der Waals surface area contributed by atoms with Crippen LogP contribution < -0.4 is 0 Å². The highest BCUT2D eigenvalue weighted by Crippen LogP contribution is 2.56. The Balaban J connectivity index is 2.09. The summed E-state index contributed by atoms with van der Waals surface area (Å²) < 4.78 is 0. The van der Waals surface area contributed by atoms with Gasteiger partial charge in [0.15, 0.2) is 0 Å². The minimum atomic E-state index is 0.560. The van der Waals surface area contributed by atoms with Crippen molar-refractivity contribution in [2.45, 2.75) is 72.6 Å². The lowest BCUT2D eigenvalue weighted by atomic mass is 9.60. The first-order valence-electron chi connectivity index (χ1n) is 7.80. The third kappa shape index (κ3) is 2.33. The molecular formula is C17H30. The summed E-state index contributed by atoms with van der Waals surface area (Å²) in [7, 11) is 0. The van der Waals surface area contributed by atoms with Crippen LogP contribution in [-0.4, -0.2) is 0 Å². The van der Waals surface area contributed by atoms with E-state index in [9.17, 15) is 0 Å². The van der Waals surface area contributed by atoms with Gasteiger partial charge >= 0.3 is 0 Å². The maximum absolute atomic E-state index is 2.62. The maximum Gasteiger partial charge on any atom is -0.00800 e. The number of allylic oxidation sites excluding steroid dienone is 2. The predicted molar refractivity (Wildman–Crippen MR) is 76.0 cm³/mol. The van der Waals surface area contributed by atoms with Crippen molar-refractivity contribution < 1.29 is 0 Å². The topological polar surface area (TPSA) is 0 Å². The Labute approximate surface area is 108 Å². The first-order valence-corrected chi connectivity index (χ1v) is 7.80. The zero-order chi connectivity index (χ0) is 12.5. The molecular weight excluding hydrogens is 204 g/mol. The Bertz CT molecular complexity index is 288.